The van der Waals surface area contributed by atoms with E-state index in [9.17, 15) is 9.59 Å². The zero-order valence-corrected chi connectivity index (χ0v) is 17.1. The van der Waals surface area contributed by atoms with Crippen LogP contribution in [0.15, 0.2) is 18.2 Å². The lowest BCUT2D eigenvalue weighted by Crippen LogP contribution is -2.51. The number of carbonyl (C=O) groups excluding carboxylic acids is 2. The number of nitrogens with one attached hydrogen (secondary N) is 1. The Bertz CT molecular complexity index is 699. The predicted octanol–water partition coefficient (Wildman–Crippen LogP) is 1.83. The highest BCUT2D eigenvalue weighted by molar-refractivity contribution is 5.78. The van der Waals surface area contributed by atoms with Crippen LogP contribution in [0.5, 0.6) is 11.5 Å². The zero-order chi connectivity index (χ0) is 20.1. The monoisotopic (exact) mass is 389 g/mol. The lowest BCUT2D eigenvalue weighted by Gasteiger charge is -2.34. The van der Waals surface area contributed by atoms with Crippen molar-refractivity contribution in [1.82, 2.24) is 15.1 Å². The molecule has 0 spiro atoms. The number of ether oxygens (including phenoxy) is 2. The van der Waals surface area contributed by atoms with E-state index < -0.39 is 0 Å². The number of hydrogen-bond donors (Lipinski definition) is 1. The Labute approximate surface area is 167 Å². The average molecular weight is 389 g/mol. The fourth-order valence-electron chi connectivity index (χ4n) is 3.65. The largest absolute Gasteiger partial charge is 0.490 e. The lowest BCUT2D eigenvalue weighted by molar-refractivity contribution is -0.131. The van der Waals surface area contributed by atoms with E-state index in [1.807, 2.05) is 23.1 Å². The van der Waals surface area contributed by atoms with Gasteiger partial charge in [0.15, 0.2) is 11.5 Å². The third-order valence-electron chi connectivity index (χ3n) is 5.30. The summed E-state index contributed by atoms with van der Waals surface area (Å²) in [5, 5.41) is 3.18. The normalized spacial score (nSPS) is 18.5. The zero-order valence-electron chi connectivity index (χ0n) is 17.1. The molecule has 0 aromatic heterocycles. The maximum absolute atomic E-state index is 12.7. The summed E-state index contributed by atoms with van der Waals surface area (Å²) in [6.07, 6.45) is 0.866. The molecule has 2 heterocycles. The summed E-state index contributed by atoms with van der Waals surface area (Å²) in [6, 6.07) is 5.82. The van der Waals surface area contributed by atoms with Gasteiger partial charge in [-0.05, 0) is 23.6 Å². The molecule has 2 aliphatic heterocycles. The van der Waals surface area contributed by atoms with Crippen molar-refractivity contribution in [2.24, 2.45) is 5.92 Å². The second kappa shape index (κ2) is 9.28. The number of benzene rings is 1. The van der Waals surface area contributed by atoms with Crippen LogP contribution in [0, 0.1) is 5.92 Å². The standard InChI is InChI=1S/C21H31N3O4/c1-15(2)21(17-5-6-18-19(13-17)28-12-4-11-27-18)22-20(26)14-23-7-9-24(10-8-23)16(3)25/h5-6,13,15,21H,4,7-12,14H2,1-3H3,(H,22,26)/t21-/m0/s1. The number of piperazine rings is 1. The molecule has 1 saturated heterocycles. The van der Waals surface area contributed by atoms with Crippen LogP contribution in [0.25, 0.3) is 0 Å². The van der Waals surface area contributed by atoms with Crippen molar-refractivity contribution in [3.05, 3.63) is 23.8 Å². The molecule has 1 aromatic rings. The summed E-state index contributed by atoms with van der Waals surface area (Å²) in [7, 11) is 0. The molecule has 7 nitrogen and oxygen atoms in total. The maximum Gasteiger partial charge on any atom is 0.234 e. The molecule has 0 radical (unpaired) electrons. The van der Waals surface area contributed by atoms with Crippen LogP contribution in [0.3, 0.4) is 0 Å². The quantitative estimate of drug-likeness (QED) is 0.832. The van der Waals surface area contributed by atoms with Gasteiger partial charge in [-0.1, -0.05) is 19.9 Å². The highest BCUT2D eigenvalue weighted by Crippen LogP contribution is 2.34. The van der Waals surface area contributed by atoms with Crippen LogP contribution in [0.2, 0.25) is 0 Å². The molecular formula is C21H31N3O4. The van der Waals surface area contributed by atoms with Crippen LogP contribution >= 0.6 is 0 Å². The Morgan fingerprint density at radius 3 is 2.39 bits per heavy atom. The lowest BCUT2D eigenvalue weighted by atomic mass is 9.95. The van der Waals surface area contributed by atoms with Gasteiger partial charge in [0, 0.05) is 39.5 Å². The van der Waals surface area contributed by atoms with Gasteiger partial charge in [-0.15, -0.1) is 0 Å². The second-order valence-corrected chi connectivity index (χ2v) is 7.83. The van der Waals surface area contributed by atoms with Gasteiger partial charge >= 0.3 is 0 Å². The number of amides is 2. The maximum atomic E-state index is 12.7. The molecule has 3 rings (SSSR count). The third-order valence-corrected chi connectivity index (χ3v) is 5.30. The van der Waals surface area contributed by atoms with Crippen LogP contribution in [-0.2, 0) is 9.59 Å². The van der Waals surface area contributed by atoms with E-state index >= 15 is 0 Å². The predicted molar refractivity (Wildman–Crippen MR) is 106 cm³/mol. The van der Waals surface area contributed by atoms with Crippen molar-refractivity contribution >= 4 is 11.8 Å². The first-order valence-electron chi connectivity index (χ1n) is 10.1. The SMILES string of the molecule is CC(=O)N1CCN(CC(=O)N[C@H](c2ccc3c(c2)OCCCO3)C(C)C)CC1. The molecule has 1 aromatic carbocycles. The molecule has 0 aliphatic carbocycles. The van der Waals surface area contributed by atoms with Crippen LogP contribution in [-0.4, -0.2) is 67.6 Å². The number of nitrogens with zero attached hydrogens (tertiary/aromatic N) is 2. The van der Waals surface area contributed by atoms with E-state index in [-0.39, 0.29) is 23.8 Å². The molecule has 2 amide bonds. The number of hydrogen-bond acceptors (Lipinski definition) is 5. The Morgan fingerprint density at radius 2 is 1.75 bits per heavy atom. The number of fused-ring (bicyclic) bond motifs is 1. The van der Waals surface area contributed by atoms with Crippen molar-refractivity contribution in [3.8, 4) is 11.5 Å². The molecular weight excluding hydrogens is 358 g/mol. The minimum Gasteiger partial charge on any atom is -0.490 e. The van der Waals surface area contributed by atoms with E-state index in [4.69, 9.17) is 9.47 Å². The van der Waals surface area contributed by atoms with E-state index in [1.165, 1.54) is 0 Å². The van der Waals surface area contributed by atoms with Gasteiger partial charge in [-0.2, -0.15) is 0 Å². The fraction of sp³-hybridized carbons (Fsp3) is 0.619. The first kappa shape index (κ1) is 20.5. The van der Waals surface area contributed by atoms with Gasteiger partial charge in [-0.3, -0.25) is 14.5 Å². The third kappa shape index (κ3) is 5.16. The van der Waals surface area contributed by atoms with Crippen molar-refractivity contribution in [3.63, 3.8) is 0 Å². The number of rotatable bonds is 5. The van der Waals surface area contributed by atoms with Crippen LogP contribution < -0.4 is 14.8 Å². The van der Waals surface area contributed by atoms with Crippen molar-refractivity contribution in [2.75, 3.05) is 45.9 Å². The van der Waals surface area contributed by atoms with Gasteiger partial charge in [0.05, 0.1) is 25.8 Å². The Hall–Kier alpha value is -2.28. The van der Waals surface area contributed by atoms with Crippen molar-refractivity contribution in [2.45, 2.75) is 33.2 Å². The summed E-state index contributed by atoms with van der Waals surface area (Å²) in [5.74, 6) is 1.84. The minimum atomic E-state index is -0.0943. The summed E-state index contributed by atoms with van der Waals surface area (Å²) < 4.78 is 11.5. The van der Waals surface area contributed by atoms with Gasteiger partial charge in [0.2, 0.25) is 11.8 Å². The van der Waals surface area contributed by atoms with Gasteiger partial charge in [0.25, 0.3) is 0 Å². The average Bonchev–Trinajstić information content (AvgIpc) is 2.91. The minimum absolute atomic E-state index is 0.00193. The highest BCUT2D eigenvalue weighted by Gasteiger charge is 2.24. The fourth-order valence-corrected chi connectivity index (χ4v) is 3.65. The van der Waals surface area contributed by atoms with E-state index in [0.717, 1.165) is 36.6 Å². The molecule has 7 heteroatoms. The molecule has 1 fully saturated rings. The highest BCUT2D eigenvalue weighted by atomic mass is 16.5. The molecule has 0 unspecified atom stereocenters. The molecule has 0 bridgehead atoms. The van der Waals surface area contributed by atoms with Crippen molar-refractivity contribution < 1.29 is 19.1 Å². The molecule has 0 saturated carbocycles. The second-order valence-electron chi connectivity index (χ2n) is 7.83. The summed E-state index contributed by atoms with van der Waals surface area (Å²) >= 11 is 0. The van der Waals surface area contributed by atoms with E-state index in [0.29, 0.717) is 32.8 Å². The molecule has 1 atom stereocenters. The molecule has 154 valence electrons. The Kier molecular flexibility index (Phi) is 6.78. The smallest absolute Gasteiger partial charge is 0.234 e. The van der Waals surface area contributed by atoms with E-state index in [1.54, 1.807) is 6.92 Å². The topological polar surface area (TPSA) is 71.1 Å². The first-order valence-corrected chi connectivity index (χ1v) is 10.1. The summed E-state index contributed by atoms with van der Waals surface area (Å²) in [6.45, 7) is 10.2. The van der Waals surface area contributed by atoms with Gasteiger partial charge in [0.1, 0.15) is 0 Å². The van der Waals surface area contributed by atoms with Gasteiger partial charge < -0.3 is 19.7 Å². The summed E-state index contributed by atoms with van der Waals surface area (Å²) in [5.41, 5.74) is 1.02. The number of carbonyl (C=O) groups is 2. The molecule has 28 heavy (non-hydrogen) atoms. The first-order chi connectivity index (χ1) is 13.4. The van der Waals surface area contributed by atoms with Gasteiger partial charge in [-0.25, -0.2) is 0 Å². The van der Waals surface area contributed by atoms with Crippen molar-refractivity contribution in [1.29, 1.82) is 0 Å². The molecule has 1 N–H and O–H groups in total. The Balaban J connectivity index is 1.61. The van der Waals surface area contributed by atoms with E-state index in [2.05, 4.69) is 24.1 Å². The van der Waals surface area contributed by atoms with Crippen LogP contribution in [0.1, 0.15) is 38.8 Å². The molecule has 2 aliphatic rings. The summed E-state index contributed by atoms with van der Waals surface area (Å²) in [4.78, 5) is 28.0. The van der Waals surface area contributed by atoms with Crippen LogP contribution in [0.4, 0.5) is 0 Å². The Morgan fingerprint density at radius 1 is 1.07 bits per heavy atom.